The number of halogens is 1. The minimum Gasteiger partial charge on any atom is -0.442 e. The van der Waals surface area contributed by atoms with Crippen LogP contribution in [0.15, 0.2) is 54.7 Å². The zero-order valence-corrected chi connectivity index (χ0v) is 21.3. The molecule has 10 heteroatoms. The second-order valence-corrected chi connectivity index (χ2v) is 9.74. The highest BCUT2D eigenvalue weighted by molar-refractivity contribution is 7.80. The van der Waals surface area contributed by atoms with E-state index in [1.807, 2.05) is 41.4 Å². The first-order valence-electron chi connectivity index (χ1n) is 12.2. The number of hydrogen-bond acceptors (Lipinski definition) is 5. The summed E-state index contributed by atoms with van der Waals surface area (Å²) in [6.07, 6.45) is 4.44. The summed E-state index contributed by atoms with van der Waals surface area (Å²) < 4.78 is 20.4. The predicted octanol–water partition coefficient (Wildman–Crippen LogP) is 3.93. The van der Waals surface area contributed by atoms with E-state index in [0.717, 1.165) is 16.5 Å². The Labute approximate surface area is 219 Å². The van der Waals surface area contributed by atoms with Gasteiger partial charge in [0.25, 0.3) is 0 Å². The standard InChI is InChI=1S/C27H28FN5O3S/c1-18(37)29-16-21-17-33(27(35)36-21)20-7-8-25(23(28)14-20)31-10-12-32(13-11-31)26(34)9-6-19-15-30-24-5-3-2-4-22(19)24/h2-9,14-15,21,30H,10-13,16-17H2,1H3,(H,29,37)/t21-/m0/s1. The molecule has 1 aromatic heterocycles. The lowest BCUT2D eigenvalue weighted by molar-refractivity contribution is -0.126. The lowest BCUT2D eigenvalue weighted by Gasteiger charge is -2.36. The van der Waals surface area contributed by atoms with Crippen LogP contribution in [0.2, 0.25) is 0 Å². The zero-order valence-electron chi connectivity index (χ0n) is 20.4. The van der Waals surface area contributed by atoms with Crippen LogP contribution in [-0.2, 0) is 9.53 Å². The van der Waals surface area contributed by atoms with Crippen LogP contribution in [0.5, 0.6) is 0 Å². The van der Waals surface area contributed by atoms with Gasteiger partial charge in [0, 0.05) is 49.4 Å². The molecule has 0 saturated carbocycles. The molecular weight excluding hydrogens is 493 g/mol. The van der Waals surface area contributed by atoms with Crippen molar-refractivity contribution in [3.63, 3.8) is 0 Å². The first kappa shape index (κ1) is 24.8. The number of thiocarbonyl (C=S) groups is 1. The van der Waals surface area contributed by atoms with Crippen molar-refractivity contribution < 1.29 is 18.7 Å². The van der Waals surface area contributed by atoms with Gasteiger partial charge in [-0.2, -0.15) is 0 Å². The van der Waals surface area contributed by atoms with E-state index in [9.17, 15) is 9.59 Å². The Hall–Kier alpha value is -3.92. The largest absolute Gasteiger partial charge is 0.442 e. The highest BCUT2D eigenvalue weighted by atomic mass is 32.1. The molecule has 2 aromatic carbocycles. The first-order chi connectivity index (χ1) is 17.9. The second kappa shape index (κ2) is 10.6. The molecule has 0 unspecified atom stereocenters. The van der Waals surface area contributed by atoms with E-state index in [1.54, 1.807) is 30.0 Å². The molecule has 37 heavy (non-hydrogen) atoms. The molecule has 1 atom stereocenters. The number of rotatable bonds is 6. The quantitative estimate of drug-likeness (QED) is 0.378. The van der Waals surface area contributed by atoms with Gasteiger partial charge in [-0.1, -0.05) is 30.4 Å². The van der Waals surface area contributed by atoms with E-state index in [0.29, 0.717) is 55.6 Å². The molecule has 2 aliphatic rings. The van der Waals surface area contributed by atoms with Gasteiger partial charge in [-0.25, -0.2) is 9.18 Å². The van der Waals surface area contributed by atoms with E-state index in [1.165, 1.54) is 11.0 Å². The summed E-state index contributed by atoms with van der Waals surface area (Å²) in [7, 11) is 0. The van der Waals surface area contributed by atoms with Crippen LogP contribution in [0.4, 0.5) is 20.6 Å². The number of anilines is 2. The third-order valence-electron chi connectivity index (χ3n) is 6.65. The van der Waals surface area contributed by atoms with Crippen molar-refractivity contribution in [3.8, 4) is 0 Å². The number of amides is 2. The number of carbonyl (C=O) groups excluding carboxylic acids is 2. The minimum absolute atomic E-state index is 0.0684. The number of nitrogens with one attached hydrogen (secondary N) is 2. The van der Waals surface area contributed by atoms with Crippen molar-refractivity contribution in [1.82, 2.24) is 15.2 Å². The summed E-state index contributed by atoms with van der Waals surface area (Å²) in [5.41, 5.74) is 2.88. The summed E-state index contributed by atoms with van der Waals surface area (Å²) in [6.45, 7) is 4.50. The average molecular weight is 522 g/mol. The Bertz CT molecular complexity index is 1370. The van der Waals surface area contributed by atoms with Crippen molar-refractivity contribution in [2.75, 3.05) is 49.1 Å². The van der Waals surface area contributed by atoms with E-state index < -0.39 is 11.9 Å². The molecule has 192 valence electrons. The Kier molecular flexibility index (Phi) is 7.09. The Morgan fingerprint density at radius 1 is 1.22 bits per heavy atom. The molecule has 2 N–H and O–H groups in total. The fraction of sp³-hybridized carbons (Fsp3) is 0.296. The molecule has 2 saturated heterocycles. The van der Waals surface area contributed by atoms with Crippen LogP contribution in [0.25, 0.3) is 17.0 Å². The number of carbonyl (C=O) groups is 2. The molecule has 5 rings (SSSR count). The summed E-state index contributed by atoms with van der Waals surface area (Å²) in [4.78, 5) is 34.0. The average Bonchev–Trinajstić information content (AvgIpc) is 3.49. The fourth-order valence-electron chi connectivity index (χ4n) is 4.68. The van der Waals surface area contributed by atoms with Gasteiger partial charge < -0.3 is 24.8 Å². The summed E-state index contributed by atoms with van der Waals surface area (Å²) >= 11 is 5.00. The smallest absolute Gasteiger partial charge is 0.414 e. The van der Waals surface area contributed by atoms with Crippen LogP contribution in [0.3, 0.4) is 0 Å². The van der Waals surface area contributed by atoms with Gasteiger partial charge in [-0.3, -0.25) is 9.69 Å². The molecule has 0 spiro atoms. The van der Waals surface area contributed by atoms with Crippen molar-refractivity contribution in [1.29, 1.82) is 0 Å². The molecule has 8 nitrogen and oxygen atoms in total. The fourth-order valence-corrected chi connectivity index (χ4v) is 4.77. The molecule has 2 fully saturated rings. The van der Waals surface area contributed by atoms with E-state index in [4.69, 9.17) is 17.0 Å². The van der Waals surface area contributed by atoms with Crippen LogP contribution in [-0.4, -0.2) is 72.2 Å². The second-order valence-electron chi connectivity index (χ2n) is 9.12. The first-order valence-corrected chi connectivity index (χ1v) is 12.6. The number of aromatic amines is 1. The number of nitrogens with zero attached hydrogens (tertiary/aromatic N) is 3. The topological polar surface area (TPSA) is 80.9 Å². The molecule has 0 bridgehead atoms. The van der Waals surface area contributed by atoms with Crippen LogP contribution in [0, 0.1) is 5.82 Å². The zero-order chi connectivity index (χ0) is 25.9. The number of piperazine rings is 1. The summed E-state index contributed by atoms with van der Waals surface area (Å²) in [6, 6.07) is 12.7. The number of benzene rings is 2. The molecule has 0 aliphatic carbocycles. The van der Waals surface area contributed by atoms with Gasteiger partial charge in [0.2, 0.25) is 5.91 Å². The van der Waals surface area contributed by atoms with Gasteiger partial charge in [0.1, 0.15) is 11.9 Å². The van der Waals surface area contributed by atoms with Crippen molar-refractivity contribution in [3.05, 3.63) is 66.1 Å². The van der Waals surface area contributed by atoms with E-state index >= 15 is 4.39 Å². The number of fused-ring (bicyclic) bond motifs is 1. The Morgan fingerprint density at radius 2 is 2.00 bits per heavy atom. The maximum Gasteiger partial charge on any atom is 0.414 e. The van der Waals surface area contributed by atoms with Gasteiger partial charge in [-0.05, 0) is 42.8 Å². The number of cyclic esters (lactones) is 1. The minimum atomic E-state index is -0.506. The van der Waals surface area contributed by atoms with Crippen LogP contribution < -0.4 is 15.1 Å². The van der Waals surface area contributed by atoms with Crippen molar-refractivity contribution >= 4 is 57.6 Å². The SMILES string of the molecule is CC(=S)NC[C@H]1CN(c2ccc(N3CCN(C(=O)C=Cc4c[nH]c5ccccc45)CC3)c(F)c2)C(=O)O1. The third kappa shape index (κ3) is 5.43. The van der Waals surface area contributed by atoms with Crippen LogP contribution >= 0.6 is 12.2 Å². The highest BCUT2D eigenvalue weighted by Crippen LogP contribution is 2.28. The number of para-hydroxylation sites is 1. The third-order valence-corrected chi connectivity index (χ3v) is 6.80. The number of hydrogen-bond donors (Lipinski definition) is 2. The number of H-pyrrole nitrogens is 1. The van der Waals surface area contributed by atoms with Gasteiger partial charge in [-0.15, -0.1) is 0 Å². The molecule has 3 heterocycles. The predicted molar refractivity (Wildman–Crippen MR) is 146 cm³/mol. The highest BCUT2D eigenvalue weighted by Gasteiger charge is 2.33. The van der Waals surface area contributed by atoms with Crippen molar-refractivity contribution in [2.45, 2.75) is 13.0 Å². The maximum atomic E-state index is 15.1. The Morgan fingerprint density at radius 3 is 2.76 bits per heavy atom. The molecule has 0 radical (unpaired) electrons. The van der Waals surface area contributed by atoms with Gasteiger partial charge in [0.05, 0.1) is 29.5 Å². The van der Waals surface area contributed by atoms with Crippen molar-refractivity contribution in [2.24, 2.45) is 0 Å². The monoisotopic (exact) mass is 521 g/mol. The number of aromatic nitrogens is 1. The van der Waals surface area contributed by atoms with Gasteiger partial charge >= 0.3 is 6.09 Å². The number of ether oxygens (including phenoxy) is 1. The Balaban J connectivity index is 1.17. The molecular formula is C27H28FN5O3S. The maximum absolute atomic E-state index is 15.1. The van der Waals surface area contributed by atoms with E-state index in [2.05, 4.69) is 10.3 Å². The lowest BCUT2D eigenvalue weighted by atomic mass is 10.1. The molecule has 3 aromatic rings. The summed E-state index contributed by atoms with van der Waals surface area (Å²) in [5, 5.41) is 4.05. The van der Waals surface area contributed by atoms with E-state index in [-0.39, 0.29) is 12.0 Å². The van der Waals surface area contributed by atoms with Gasteiger partial charge in [0.15, 0.2) is 0 Å². The summed E-state index contributed by atoms with van der Waals surface area (Å²) in [5.74, 6) is -0.484. The molecule has 2 amide bonds. The lowest BCUT2D eigenvalue weighted by Crippen LogP contribution is -2.48. The van der Waals surface area contributed by atoms with Crippen LogP contribution in [0.1, 0.15) is 12.5 Å². The normalized spacial score (nSPS) is 18.1. The molecule has 2 aliphatic heterocycles.